The third kappa shape index (κ3) is 79.0. The van der Waals surface area contributed by atoms with Crippen LogP contribution in [0.25, 0.3) is 0 Å². The average Bonchev–Trinajstić information content (AvgIpc) is 1.22. The Kier molecular flexibility index (Phi) is 74.0. The zero-order valence-electron chi connectivity index (χ0n) is 81.4. The first-order valence-electron chi connectivity index (χ1n) is 48.3. The van der Waals surface area contributed by atoms with Gasteiger partial charge in [-0.15, -0.1) is 0 Å². The van der Waals surface area contributed by atoms with E-state index in [1.165, 1.54) is 167 Å². The van der Waals surface area contributed by atoms with Crippen LogP contribution in [0.15, 0.2) is 0 Å². The molecule has 3 aliphatic carbocycles. The lowest BCUT2D eigenvalue weighted by Crippen LogP contribution is -2.27. The predicted molar refractivity (Wildman–Crippen MR) is 481 cm³/mol. The van der Waals surface area contributed by atoms with E-state index in [-0.39, 0.29) is 37.0 Å². The highest BCUT2D eigenvalue weighted by Crippen LogP contribution is 2.46. The van der Waals surface area contributed by atoms with Crippen LogP contribution in [-0.2, 0) is 0 Å². The van der Waals surface area contributed by atoms with Gasteiger partial charge in [0.15, 0.2) is 0 Å². The summed E-state index contributed by atoms with van der Waals surface area (Å²) in [7, 11) is 0. The van der Waals surface area contributed by atoms with E-state index in [1.54, 1.807) is 41.5 Å². The zero-order chi connectivity index (χ0) is 87.0. The fourth-order valence-corrected chi connectivity index (χ4v) is 15.8. The van der Waals surface area contributed by atoms with Gasteiger partial charge in [-0.05, 0) is 219 Å². The van der Waals surface area contributed by atoms with E-state index >= 15 is 0 Å². The molecule has 3 fully saturated rings. The molecule has 9 heteroatoms. The van der Waals surface area contributed by atoms with Crippen LogP contribution in [-0.4, -0.2) is 18.5 Å². The molecule has 2 unspecified atom stereocenters. The molecule has 0 aromatic heterocycles. The first-order valence-corrected chi connectivity index (χ1v) is 48.3. The van der Waals surface area contributed by atoms with Crippen molar-refractivity contribution in [3.05, 3.63) is 0 Å². The van der Waals surface area contributed by atoms with Crippen molar-refractivity contribution >= 4 is 0 Å². The molecule has 0 amide bonds. The van der Waals surface area contributed by atoms with Gasteiger partial charge >= 0.3 is 18.5 Å². The Hall–Kier alpha value is -0.630. The van der Waals surface area contributed by atoms with Gasteiger partial charge in [0.25, 0.3) is 0 Å². The fraction of sp³-hybridized carbons (Fsp3) is 1.00. The Bertz CT molecular complexity index is 1710. The Morgan fingerprint density at radius 3 is 0.414 bits per heavy atom. The Morgan fingerprint density at radius 1 is 0.171 bits per heavy atom. The summed E-state index contributed by atoms with van der Waals surface area (Å²) in [6.45, 7) is 74.3. The number of hydrogen-bond donors (Lipinski definition) is 0. The summed E-state index contributed by atoms with van der Waals surface area (Å²) >= 11 is 0. The van der Waals surface area contributed by atoms with Crippen molar-refractivity contribution < 1.29 is 39.5 Å². The Labute approximate surface area is 693 Å². The number of hydrogen-bond acceptors (Lipinski definition) is 0. The van der Waals surface area contributed by atoms with Crippen LogP contribution >= 0.6 is 0 Å². The highest BCUT2D eigenvalue weighted by Gasteiger charge is 2.43. The minimum Gasteiger partial charge on any atom is -0.171 e. The molecule has 0 saturated heterocycles. The molecule has 0 N–H and O–H groups in total. The smallest absolute Gasteiger partial charge is 0.171 e. The summed E-state index contributed by atoms with van der Waals surface area (Å²) < 4.78 is 113. The average molecular weight is 1600 g/mol. The Balaban J connectivity index is -0.000000386. The van der Waals surface area contributed by atoms with Gasteiger partial charge in [0, 0.05) is 0 Å². The van der Waals surface area contributed by atoms with E-state index in [9.17, 15) is 39.5 Å². The number of halogens is 9. The van der Waals surface area contributed by atoms with Crippen molar-refractivity contribution in [3.63, 3.8) is 0 Å². The van der Waals surface area contributed by atoms with E-state index in [0.717, 1.165) is 145 Å². The second-order valence-electron chi connectivity index (χ2n) is 42.8. The van der Waals surface area contributed by atoms with Gasteiger partial charge in [0.2, 0.25) is 0 Å². The van der Waals surface area contributed by atoms with E-state index in [4.69, 9.17) is 0 Å². The standard InChI is InChI=1S/3C14H28.3C12H23F3.2C12H26/c3*1-11(2)7-5-6-8-14(12(3)4)13-9-10-13;3*1-9(2)7-5-6-8-11(10(3)4)12(13,14)15;2*1-10(2)8-6-7-9-12(5)11(3)4/h3*11-14H,5-10H2,1-4H3;3*9-11H,5-8H2,1-4H3;2*10-12H,6-9H2,1-5H3/t2*14-;;2*11-;;2*12-/m10.10.10/s1. The molecule has 0 radical (unpaired) electrons. The lowest BCUT2D eigenvalue weighted by molar-refractivity contribution is -0.188. The minimum atomic E-state index is -4.02. The molecule has 8 atom stereocenters. The van der Waals surface area contributed by atoms with Crippen molar-refractivity contribution in [3.8, 4) is 0 Å². The van der Waals surface area contributed by atoms with E-state index in [0.29, 0.717) is 37.0 Å². The first kappa shape index (κ1) is 119. The molecule has 3 saturated carbocycles. The zero-order valence-corrected chi connectivity index (χ0v) is 81.4. The molecule has 0 aromatic rings. The van der Waals surface area contributed by atoms with Crippen LogP contribution < -0.4 is 0 Å². The van der Waals surface area contributed by atoms with Crippen LogP contribution in [0.1, 0.15) is 479 Å². The predicted octanol–water partition coefficient (Wildman–Crippen LogP) is 38.8. The summed E-state index contributed by atoms with van der Waals surface area (Å²) in [4.78, 5) is 0. The number of rotatable bonds is 51. The van der Waals surface area contributed by atoms with Gasteiger partial charge in [-0.2, -0.15) is 39.5 Å². The normalized spacial score (nSPS) is 16.5. The van der Waals surface area contributed by atoms with Crippen LogP contribution in [0.4, 0.5) is 39.5 Å². The van der Waals surface area contributed by atoms with Gasteiger partial charge in [0.1, 0.15) is 0 Å². The quantitative estimate of drug-likeness (QED) is 0.0421. The molecule has 0 bridgehead atoms. The molecule has 0 heterocycles. The molecular formula is C102H205F9. The van der Waals surface area contributed by atoms with Crippen molar-refractivity contribution in [2.45, 2.75) is 498 Å². The summed E-state index contributed by atoms with van der Waals surface area (Å²) in [6, 6.07) is 0. The molecule has 0 nitrogen and oxygen atoms in total. The first-order chi connectivity index (χ1) is 51.1. The SMILES string of the molecule is CC(C)CCCCC(C(C)C)C(F)(F)F.CC(C)CCCCC(C(C)C)C1CC1.CC(C)CCCC[C@@H](C(C)C)C(F)(F)F.CC(C)CCCC[C@@H](C(C)C)C1CC1.CC(C)CCCC[C@@H](C)C(C)C.CC(C)CCCC[C@H](C(C)C)C(F)(F)F.CC(C)CCCC[C@H](C(C)C)C1CC1.CC(C)CCCC[C@H](C)C(C)C. The van der Waals surface area contributed by atoms with E-state index < -0.39 is 36.3 Å². The maximum atomic E-state index is 12.6. The van der Waals surface area contributed by atoms with E-state index in [1.807, 2.05) is 0 Å². The molecule has 0 aliphatic heterocycles. The lowest BCUT2D eigenvalue weighted by atomic mass is 9.86. The highest BCUT2D eigenvalue weighted by molar-refractivity contribution is 4.85. The van der Waals surface area contributed by atoms with Gasteiger partial charge in [-0.25, -0.2) is 0 Å². The fourth-order valence-electron chi connectivity index (χ4n) is 15.8. The topological polar surface area (TPSA) is 0 Å². The highest BCUT2D eigenvalue weighted by atomic mass is 19.4. The van der Waals surface area contributed by atoms with Gasteiger partial charge < -0.3 is 0 Å². The van der Waals surface area contributed by atoms with Gasteiger partial charge in [-0.1, -0.05) is 402 Å². The summed E-state index contributed by atoms with van der Waals surface area (Å²) in [5, 5.41) is 0. The molecule has 111 heavy (non-hydrogen) atoms. The summed E-state index contributed by atoms with van der Waals surface area (Å²) in [5.41, 5.74) is 0. The van der Waals surface area contributed by atoms with Gasteiger partial charge in [-0.3, -0.25) is 0 Å². The molecule has 676 valence electrons. The molecule has 0 spiro atoms. The molecule has 0 aromatic carbocycles. The van der Waals surface area contributed by atoms with Crippen LogP contribution in [0.3, 0.4) is 0 Å². The third-order valence-corrected chi connectivity index (χ3v) is 24.9. The van der Waals surface area contributed by atoms with Crippen LogP contribution in [0.5, 0.6) is 0 Å². The monoisotopic (exact) mass is 1600 g/mol. The lowest BCUT2D eigenvalue weighted by Gasteiger charge is -2.23. The van der Waals surface area contributed by atoms with Crippen molar-refractivity contribution in [1.29, 1.82) is 0 Å². The van der Waals surface area contributed by atoms with Gasteiger partial charge in [0.05, 0.1) is 17.8 Å². The van der Waals surface area contributed by atoms with Crippen LogP contribution in [0, 0.1) is 160 Å². The van der Waals surface area contributed by atoms with Crippen LogP contribution in [0.2, 0.25) is 0 Å². The summed E-state index contributed by atoms with van der Waals surface area (Å²) in [5.74, 6) is 14.7. The second-order valence-corrected chi connectivity index (χ2v) is 42.8. The largest absolute Gasteiger partial charge is 0.392 e. The van der Waals surface area contributed by atoms with Crippen molar-refractivity contribution in [2.75, 3.05) is 0 Å². The molecule has 3 aliphatic rings. The Morgan fingerprint density at radius 2 is 0.306 bits per heavy atom. The molecular weight excluding hydrogens is 1400 g/mol. The number of alkyl halides is 9. The maximum Gasteiger partial charge on any atom is 0.392 e. The van der Waals surface area contributed by atoms with Crippen molar-refractivity contribution in [1.82, 2.24) is 0 Å². The summed E-state index contributed by atoms with van der Waals surface area (Å²) in [6.07, 6.45) is 34.7. The van der Waals surface area contributed by atoms with E-state index in [2.05, 4.69) is 194 Å². The van der Waals surface area contributed by atoms with Crippen molar-refractivity contribution in [2.24, 2.45) is 160 Å². The third-order valence-electron chi connectivity index (χ3n) is 24.9. The number of unbranched alkanes of at least 4 members (excludes halogenated alkanes) is 8. The second kappa shape index (κ2) is 69.1. The maximum absolute atomic E-state index is 12.6. The minimum absolute atomic E-state index is 0.286. The molecule has 3 rings (SSSR count).